The van der Waals surface area contributed by atoms with Crippen molar-refractivity contribution in [2.45, 2.75) is 37.6 Å². The van der Waals surface area contributed by atoms with Gasteiger partial charge in [-0.3, -0.25) is 4.99 Å². The Kier molecular flexibility index (Phi) is 7.30. The van der Waals surface area contributed by atoms with Crippen LogP contribution in [0.4, 0.5) is 5.82 Å². The maximum Gasteiger partial charge on any atom is 0.191 e. The molecule has 0 spiro atoms. The van der Waals surface area contributed by atoms with Crippen LogP contribution in [0.15, 0.2) is 53.7 Å². The second-order valence-corrected chi connectivity index (χ2v) is 8.75. The van der Waals surface area contributed by atoms with Crippen molar-refractivity contribution in [2.24, 2.45) is 4.99 Å². The van der Waals surface area contributed by atoms with E-state index in [1.165, 1.54) is 5.56 Å². The standard InChI is InChI=1S/C24H32ClN5O/c1-2-26-23(29-20-10-14-30(17-20)22-21(25)9-6-13-27-22)28-18-24(11-15-31-16-12-24)19-7-4-3-5-8-19/h3-9,13,20H,2,10-12,14-18H2,1H3,(H2,26,28,29). The highest BCUT2D eigenvalue weighted by atomic mass is 35.5. The summed E-state index contributed by atoms with van der Waals surface area (Å²) in [4.78, 5) is 11.7. The summed E-state index contributed by atoms with van der Waals surface area (Å²) in [5.74, 6) is 1.74. The largest absolute Gasteiger partial charge is 0.381 e. The minimum atomic E-state index is 0.0328. The van der Waals surface area contributed by atoms with Gasteiger partial charge in [0.2, 0.25) is 0 Å². The zero-order valence-corrected chi connectivity index (χ0v) is 18.9. The van der Waals surface area contributed by atoms with E-state index in [2.05, 4.69) is 57.8 Å². The quantitative estimate of drug-likeness (QED) is 0.529. The summed E-state index contributed by atoms with van der Waals surface area (Å²) in [5.41, 5.74) is 1.39. The minimum Gasteiger partial charge on any atom is -0.381 e. The molecule has 31 heavy (non-hydrogen) atoms. The fraction of sp³-hybridized carbons (Fsp3) is 0.500. The Morgan fingerprint density at radius 3 is 2.77 bits per heavy atom. The molecule has 1 aromatic heterocycles. The van der Waals surface area contributed by atoms with Gasteiger partial charge in [0.25, 0.3) is 0 Å². The first kappa shape index (κ1) is 21.9. The van der Waals surface area contributed by atoms with Crippen LogP contribution in [0.2, 0.25) is 5.02 Å². The fourth-order valence-electron chi connectivity index (χ4n) is 4.52. The van der Waals surface area contributed by atoms with E-state index in [0.717, 1.165) is 70.4 Å². The number of hydrogen-bond acceptors (Lipinski definition) is 4. The molecule has 2 fully saturated rings. The molecule has 2 aliphatic rings. The summed E-state index contributed by atoms with van der Waals surface area (Å²) in [5, 5.41) is 7.77. The number of hydrogen-bond donors (Lipinski definition) is 2. The highest BCUT2D eigenvalue weighted by Gasteiger charge is 2.34. The Bertz CT molecular complexity index is 869. The molecule has 2 N–H and O–H groups in total. The molecule has 1 unspecified atom stereocenters. The summed E-state index contributed by atoms with van der Waals surface area (Å²) in [6, 6.07) is 14.8. The van der Waals surface area contributed by atoms with Crippen LogP contribution >= 0.6 is 11.6 Å². The number of nitrogens with one attached hydrogen (secondary N) is 2. The van der Waals surface area contributed by atoms with Gasteiger partial charge in [-0.1, -0.05) is 41.9 Å². The van der Waals surface area contributed by atoms with E-state index in [1.54, 1.807) is 6.20 Å². The van der Waals surface area contributed by atoms with Crippen molar-refractivity contribution in [3.63, 3.8) is 0 Å². The van der Waals surface area contributed by atoms with Crippen molar-refractivity contribution in [1.29, 1.82) is 0 Å². The molecule has 0 amide bonds. The van der Waals surface area contributed by atoms with Gasteiger partial charge in [0.15, 0.2) is 5.96 Å². The summed E-state index contributed by atoms with van der Waals surface area (Å²) < 4.78 is 5.67. The third-order valence-corrected chi connectivity index (χ3v) is 6.58. The molecule has 4 rings (SSSR count). The number of anilines is 1. The maximum atomic E-state index is 6.35. The first-order valence-corrected chi connectivity index (χ1v) is 11.6. The van der Waals surface area contributed by atoms with Gasteiger partial charge in [-0.25, -0.2) is 4.98 Å². The Hall–Kier alpha value is -2.31. The third kappa shape index (κ3) is 5.31. The second-order valence-electron chi connectivity index (χ2n) is 8.34. The van der Waals surface area contributed by atoms with Crippen LogP contribution in [0.25, 0.3) is 0 Å². The van der Waals surface area contributed by atoms with E-state index in [-0.39, 0.29) is 5.41 Å². The fourth-order valence-corrected chi connectivity index (χ4v) is 4.76. The molecule has 0 saturated carbocycles. The SMILES string of the molecule is CCNC(=NCC1(c2ccccc2)CCOCC1)NC1CCN(c2ncccc2Cl)C1. The van der Waals surface area contributed by atoms with Crippen molar-refractivity contribution in [3.05, 3.63) is 59.2 Å². The topological polar surface area (TPSA) is 61.8 Å². The molecule has 1 aromatic carbocycles. The van der Waals surface area contributed by atoms with Crippen molar-refractivity contribution in [2.75, 3.05) is 44.3 Å². The van der Waals surface area contributed by atoms with Crippen LogP contribution in [0.3, 0.4) is 0 Å². The van der Waals surface area contributed by atoms with Gasteiger partial charge in [-0.15, -0.1) is 0 Å². The Labute approximate surface area is 190 Å². The van der Waals surface area contributed by atoms with E-state index >= 15 is 0 Å². The lowest BCUT2D eigenvalue weighted by Crippen LogP contribution is -2.46. The van der Waals surface area contributed by atoms with E-state index in [1.807, 2.05) is 12.1 Å². The van der Waals surface area contributed by atoms with Crippen LogP contribution in [0.5, 0.6) is 0 Å². The second kappa shape index (κ2) is 10.3. The van der Waals surface area contributed by atoms with Gasteiger partial charge in [-0.05, 0) is 43.9 Å². The van der Waals surface area contributed by atoms with Crippen molar-refractivity contribution in [3.8, 4) is 0 Å². The number of aliphatic imine (C=N–C) groups is 1. The minimum absolute atomic E-state index is 0.0328. The molecule has 0 radical (unpaired) electrons. The van der Waals surface area contributed by atoms with Gasteiger partial charge < -0.3 is 20.3 Å². The predicted molar refractivity (Wildman–Crippen MR) is 127 cm³/mol. The number of guanidine groups is 1. The highest BCUT2D eigenvalue weighted by Crippen LogP contribution is 2.35. The number of rotatable bonds is 6. The molecular weight excluding hydrogens is 410 g/mol. The van der Waals surface area contributed by atoms with E-state index in [4.69, 9.17) is 21.3 Å². The zero-order chi connectivity index (χ0) is 21.5. The Morgan fingerprint density at radius 2 is 2.03 bits per heavy atom. The zero-order valence-electron chi connectivity index (χ0n) is 18.2. The van der Waals surface area contributed by atoms with Crippen LogP contribution in [-0.2, 0) is 10.2 Å². The summed E-state index contributed by atoms with van der Waals surface area (Å²) >= 11 is 6.35. The van der Waals surface area contributed by atoms with Crippen LogP contribution in [0.1, 0.15) is 31.7 Å². The average molecular weight is 442 g/mol. The maximum absolute atomic E-state index is 6.35. The summed E-state index contributed by atoms with van der Waals surface area (Å²) in [7, 11) is 0. The van der Waals surface area contributed by atoms with Gasteiger partial charge in [-0.2, -0.15) is 0 Å². The molecule has 0 bridgehead atoms. The molecule has 6 nitrogen and oxygen atoms in total. The Morgan fingerprint density at radius 1 is 1.23 bits per heavy atom. The third-order valence-electron chi connectivity index (χ3n) is 6.29. The highest BCUT2D eigenvalue weighted by molar-refractivity contribution is 6.32. The lowest BCUT2D eigenvalue weighted by atomic mass is 9.74. The molecule has 1 atom stereocenters. The lowest BCUT2D eigenvalue weighted by molar-refractivity contribution is 0.0531. The molecule has 0 aliphatic carbocycles. The normalized spacial score (nSPS) is 21.2. The molecule has 2 aliphatic heterocycles. The van der Waals surface area contributed by atoms with Crippen LogP contribution in [-0.4, -0.2) is 56.4 Å². The average Bonchev–Trinajstić information content (AvgIpc) is 3.27. The molecule has 166 valence electrons. The van der Waals surface area contributed by atoms with Gasteiger partial charge in [0.1, 0.15) is 5.82 Å². The molecule has 2 aromatic rings. The monoisotopic (exact) mass is 441 g/mol. The van der Waals surface area contributed by atoms with Crippen molar-refractivity contribution in [1.82, 2.24) is 15.6 Å². The van der Waals surface area contributed by atoms with E-state index in [9.17, 15) is 0 Å². The smallest absolute Gasteiger partial charge is 0.191 e. The predicted octanol–water partition coefficient (Wildman–Crippen LogP) is 3.62. The number of halogens is 1. The first-order chi connectivity index (χ1) is 15.2. The molecule has 7 heteroatoms. The Balaban J connectivity index is 1.45. The van der Waals surface area contributed by atoms with Crippen LogP contribution in [0, 0.1) is 0 Å². The molecule has 2 saturated heterocycles. The number of pyridine rings is 1. The van der Waals surface area contributed by atoms with Gasteiger partial charge in [0.05, 0.1) is 11.6 Å². The number of aromatic nitrogens is 1. The summed E-state index contributed by atoms with van der Waals surface area (Å²) in [6.45, 7) is 7.05. The number of ether oxygens (including phenoxy) is 1. The van der Waals surface area contributed by atoms with E-state index < -0.39 is 0 Å². The lowest BCUT2D eigenvalue weighted by Gasteiger charge is -2.36. The van der Waals surface area contributed by atoms with Crippen molar-refractivity contribution < 1.29 is 4.74 Å². The first-order valence-electron chi connectivity index (χ1n) is 11.2. The van der Waals surface area contributed by atoms with E-state index in [0.29, 0.717) is 11.1 Å². The van der Waals surface area contributed by atoms with Crippen molar-refractivity contribution >= 4 is 23.4 Å². The number of nitrogens with zero attached hydrogens (tertiary/aromatic N) is 3. The summed E-state index contributed by atoms with van der Waals surface area (Å²) in [6.07, 6.45) is 4.81. The molecular formula is C24H32ClN5O. The molecule has 3 heterocycles. The van der Waals surface area contributed by atoms with Crippen LogP contribution < -0.4 is 15.5 Å². The number of benzene rings is 1. The van der Waals surface area contributed by atoms with Gasteiger partial charge in [0, 0.05) is 50.5 Å². The van der Waals surface area contributed by atoms with Gasteiger partial charge >= 0.3 is 0 Å².